The van der Waals surface area contributed by atoms with Gasteiger partial charge in [0.2, 0.25) is 0 Å². The van der Waals surface area contributed by atoms with Gasteiger partial charge in [-0.1, -0.05) is 15.9 Å². The molecule has 0 unspecified atom stereocenters. The van der Waals surface area contributed by atoms with E-state index < -0.39 is 0 Å². The minimum absolute atomic E-state index is 0.874. The minimum Gasteiger partial charge on any atom is -0.380 e. The van der Waals surface area contributed by atoms with E-state index in [0.29, 0.717) is 0 Å². The molecule has 1 aromatic carbocycles. The highest BCUT2D eigenvalue weighted by Gasteiger charge is 2.02. The van der Waals surface area contributed by atoms with Crippen LogP contribution in [-0.4, -0.2) is 0 Å². The summed E-state index contributed by atoms with van der Waals surface area (Å²) in [7, 11) is 0. The van der Waals surface area contributed by atoms with Crippen LogP contribution in [0.5, 0.6) is 0 Å². The molecule has 0 bridgehead atoms. The van der Waals surface area contributed by atoms with Gasteiger partial charge in [-0.25, -0.2) is 0 Å². The van der Waals surface area contributed by atoms with Gasteiger partial charge in [-0.05, 0) is 53.2 Å². The van der Waals surface area contributed by atoms with Crippen LogP contribution in [0.15, 0.2) is 39.3 Å². The van der Waals surface area contributed by atoms with Crippen LogP contribution >= 0.6 is 43.2 Å². The van der Waals surface area contributed by atoms with E-state index in [4.69, 9.17) is 0 Å². The lowest BCUT2D eigenvalue weighted by molar-refractivity contribution is 1.19. The van der Waals surface area contributed by atoms with Crippen molar-refractivity contribution in [2.24, 2.45) is 0 Å². The molecular formula is C12H11Br2NS. The molecule has 16 heavy (non-hydrogen) atoms. The first kappa shape index (κ1) is 12.1. The van der Waals surface area contributed by atoms with Gasteiger partial charge in [-0.3, -0.25) is 0 Å². The van der Waals surface area contributed by atoms with Crippen LogP contribution in [0.3, 0.4) is 0 Å². The summed E-state index contributed by atoms with van der Waals surface area (Å²) in [6.07, 6.45) is 0. The number of thiophene rings is 1. The zero-order valence-corrected chi connectivity index (χ0v) is 12.7. The zero-order valence-electron chi connectivity index (χ0n) is 8.76. The molecule has 2 aromatic rings. The number of anilines is 1. The van der Waals surface area contributed by atoms with Crippen LogP contribution in [0.1, 0.15) is 9.75 Å². The number of nitrogens with one attached hydrogen (secondary N) is 1. The Morgan fingerprint density at radius 3 is 2.44 bits per heavy atom. The third-order valence-electron chi connectivity index (χ3n) is 2.22. The predicted octanol–water partition coefficient (Wildman–Crippen LogP) is 5.19. The summed E-state index contributed by atoms with van der Waals surface area (Å²) >= 11 is 8.77. The molecule has 0 saturated heterocycles. The summed E-state index contributed by atoms with van der Waals surface area (Å²) in [5, 5.41) is 3.40. The van der Waals surface area contributed by atoms with Gasteiger partial charge >= 0.3 is 0 Å². The molecule has 0 atom stereocenters. The molecule has 0 aliphatic rings. The highest BCUT2D eigenvalue weighted by atomic mass is 79.9. The maximum atomic E-state index is 3.53. The third-order valence-corrected chi connectivity index (χ3v) is 4.88. The van der Waals surface area contributed by atoms with E-state index in [-0.39, 0.29) is 0 Å². The van der Waals surface area contributed by atoms with E-state index in [1.807, 2.05) is 23.5 Å². The Morgan fingerprint density at radius 1 is 1.19 bits per heavy atom. The fourth-order valence-corrected chi connectivity index (χ4v) is 3.17. The Bertz CT molecular complexity index is 457. The van der Waals surface area contributed by atoms with E-state index in [1.54, 1.807) is 0 Å². The van der Waals surface area contributed by atoms with E-state index in [0.717, 1.165) is 16.7 Å². The first-order valence-electron chi connectivity index (χ1n) is 4.89. The number of benzene rings is 1. The molecule has 0 aliphatic carbocycles. The summed E-state index contributed by atoms with van der Waals surface area (Å²) in [4.78, 5) is 2.67. The van der Waals surface area contributed by atoms with E-state index in [9.17, 15) is 0 Å². The highest BCUT2D eigenvalue weighted by Crippen LogP contribution is 2.27. The second-order valence-electron chi connectivity index (χ2n) is 3.48. The van der Waals surface area contributed by atoms with E-state index in [2.05, 4.69) is 62.3 Å². The maximum absolute atomic E-state index is 3.53. The van der Waals surface area contributed by atoms with Crippen molar-refractivity contribution in [2.75, 3.05) is 5.32 Å². The normalized spacial score (nSPS) is 10.4. The lowest BCUT2D eigenvalue weighted by Crippen LogP contribution is -1.96. The standard InChI is InChI=1S/C12H11Br2NS/c1-8-12(14)6-11(16-8)7-15-10-4-2-9(13)3-5-10/h2-6,15H,7H2,1H3. The van der Waals surface area contributed by atoms with Gasteiger partial charge in [-0.15, -0.1) is 11.3 Å². The van der Waals surface area contributed by atoms with Crippen molar-refractivity contribution >= 4 is 48.9 Å². The molecule has 2 rings (SSSR count). The number of hydrogen-bond donors (Lipinski definition) is 1. The Morgan fingerprint density at radius 2 is 1.88 bits per heavy atom. The summed E-state index contributed by atoms with van der Waals surface area (Å²) < 4.78 is 2.30. The number of hydrogen-bond acceptors (Lipinski definition) is 2. The van der Waals surface area contributed by atoms with Crippen molar-refractivity contribution < 1.29 is 0 Å². The molecule has 0 radical (unpaired) electrons. The van der Waals surface area contributed by atoms with E-state index in [1.165, 1.54) is 14.2 Å². The first-order valence-corrected chi connectivity index (χ1v) is 7.29. The van der Waals surface area contributed by atoms with E-state index >= 15 is 0 Å². The summed E-state index contributed by atoms with van der Waals surface area (Å²) in [5.74, 6) is 0. The largest absolute Gasteiger partial charge is 0.380 e. The van der Waals surface area contributed by atoms with Crippen LogP contribution < -0.4 is 5.32 Å². The molecule has 0 spiro atoms. The van der Waals surface area contributed by atoms with Crippen LogP contribution in [0.2, 0.25) is 0 Å². The van der Waals surface area contributed by atoms with Gasteiger partial charge in [0.25, 0.3) is 0 Å². The van der Waals surface area contributed by atoms with Crippen molar-refractivity contribution in [3.63, 3.8) is 0 Å². The lowest BCUT2D eigenvalue weighted by atomic mass is 10.3. The average Bonchev–Trinajstić information content (AvgIpc) is 2.58. The molecule has 4 heteroatoms. The second kappa shape index (κ2) is 5.34. The molecular weight excluding hydrogens is 350 g/mol. The minimum atomic E-state index is 0.874. The molecule has 0 aliphatic heterocycles. The quantitative estimate of drug-likeness (QED) is 0.793. The lowest BCUT2D eigenvalue weighted by Gasteiger charge is -2.04. The monoisotopic (exact) mass is 359 g/mol. The van der Waals surface area contributed by atoms with Crippen molar-refractivity contribution in [1.29, 1.82) is 0 Å². The Hall–Kier alpha value is -0.320. The smallest absolute Gasteiger partial charge is 0.0494 e. The summed E-state index contributed by atoms with van der Waals surface area (Å²) in [5.41, 5.74) is 1.14. The van der Waals surface area contributed by atoms with Gasteiger partial charge in [0.1, 0.15) is 0 Å². The Labute approximate surface area is 116 Å². The van der Waals surface area contributed by atoms with Crippen molar-refractivity contribution in [1.82, 2.24) is 0 Å². The third kappa shape index (κ3) is 3.09. The van der Waals surface area contributed by atoms with Gasteiger partial charge in [0.15, 0.2) is 0 Å². The number of aryl methyl sites for hydroxylation is 1. The van der Waals surface area contributed by atoms with Gasteiger partial charge in [-0.2, -0.15) is 0 Å². The maximum Gasteiger partial charge on any atom is 0.0494 e. The molecule has 1 nitrogen and oxygen atoms in total. The average molecular weight is 361 g/mol. The number of rotatable bonds is 3. The SMILES string of the molecule is Cc1sc(CNc2ccc(Br)cc2)cc1Br. The fraction of sp³-hybridized carbons (Fsp3) is 0.167. The summed E-state index contributed by atoms with van der Waals surface area (Å²) in [6, 6.07) is 10.4. The summed E-state index contributed by atoms with van der Waals surface area (Å²) in [6.45, 7) is 3.00. The van der Waals surface area contributed by atoms with Crippen molar-refractivity contribution in [2.45, 2.75) is 13.5 Å². The zero-order chi connectivity index (χ0) is 11.5. The Balaban J connectivity index is 1.99. The molecule has 0 saturated carbocycles. The topological polar surface area (TPSA) is 12.0 Å². The predicted molar refractivity (Wildman–Crippen MR) is 78.2 cm³/mol. The highest BCUT2D eigenvalue weighted by molar-refractivity contribution is 9.10. The number of halogens is 2. The van der Waals surface area contributed by atoms with Crippen LogP contribution in [0.25, 0.3) is 0 Å². The molecule has 1 aromatic heterocycles. The molecule has 84 valence electrons. The van der Waals surface area contributed by atoms with Crippen LogP contribution in [0, 0.1) is 6.92 Å². The first-order chi connectivity index (χ1) is 7.65. The molecule has 1 heterocycles. The van der Waals surface area contributed by atoms with Crippen molar-refractivity contribution in [3.8, 4) is 0 Å². The second-order valence-corrected chi connectivity index (χ2v) is 6.59. The Kier molecular flexibility index (Phi) is 4.05. The van der Waals surface area contributed by atoms with Gasteiger partial charge in [0, 0.05) is 30.9 Å². The van der Waals surface area contributed by atoms with Gasteiger partial charge < -0.3 is 5.32 Å². The van der Waals surface area contributed by atoms with Crippen LogP contribution in [-0.2, 0) is 6.54 Å². The molecule has 0 fully saturated rings. The fourth-order valence-electron chi connectivity index (χ4n) is 1.36. The molecule has 0 amide bonds. The van der Waals surface area contributed by atoms with Gasteiger partial charge in [0.05, 0.1) is 0 Å². The van der Waals surface area contributed by atoms with Crippen molar-refractivity contribution in [3.05, 3.63) is 49.0 Å². The van der Waals surface area contributed by atoms with Crippen LogP contribution in [0.4, 0.5) is 5.69 Å². The molecule has 1 N–H and O–H groups in total.